The molecule has 0 saturated carbocycles. The van der Waals surface area contributed by atoms with Gasteiger partial charge >= 0.3 is 0 Å². The molecule has 4 nitrogen and oxygen atoms in total. The highest BCUT2D eigenvalue weighted by Gasteiger charge is 2.05. The van der Waals surface area contributed by atoms with Crippen molar-refractivity contribution in [1.29, 1.82) is 0 Å². The van der Waals surface area contributed by atoms with E-state index in [1.54, 1.807) is 13.2 Å². The average molecular weight is 238 g/mol. The largest absolute Gasteiger partial charge is 0.357 e. The van der Waals surface area contributed by atoms with Crippen LogP contribution in [0.15, 0.2) is 24.4 Å². The molecule has 0 radical (unpaired) electrons. The van der Waals surface area contributed by atoms with Gasteiger partial charge < -0.3 is 5.32 Å². The summed E-state index contributed by atoms with van der Waals surface area (Å²) >= 11 is 0. The van der Waals surface area contributed by atoms with Gasteiger partial charge in [-0.15, -0.1) is 0 Å². The molecule has 0 aliphatic heterocycles. The van der Waals surface area contributed by atoms with Crippen LogP contribution in [0, 0.1) is 13.8 Å². The number of fused-ring (bicyclic) bond motifs is 2. The molecule has 0 atom stereocenters. The van der Waals surface area contributed by atoms with Gasteiger partial charge in [-0.2, -0.15) is 4.98 Å². The first-order valence-corrected chi connectivity index (χ1v) is 5.90. The minimum absolute atomic E-state index is 0.596. The number of nitrogens with zero attached hydrogens (tertiary/aromatic N) is 3. The Labute approximate surface area is 105 Å². The lowest BCUT2D eigenvalue weighted by Crippen LogP contribution is -1.97. The summed E-state index contributed by atoms with van der Waals surface area (Å²) in [5.41, 5.74) is 4.17. The third-order valence-electron chi connectivity index (χ3n) is 3.06. The van der Waals surface area contributed by atoms with Crippen molar-refractivity contribution >= 4 is 27.9 Å². The Morgan fingerprint density at radius 2 is 1.89 bits per heavy atom. The van der Waals surface area contributed by atoms with Crippen LogP contribution in [-0.2, 0) is 0 Å². The van der Waals surface area contributed by atoms with E-state index in [1.807, 2.05) is 0 Å². The Bertz CT molecular complexity index is 749. The van der Waals surface area contributed by atoms with Gasteiger partial charge in [-0.05, 0) is 37.1 Å². The highest BCUT2D eigenvalue weighted by Crippen LogP contribution is 2.23. The van der Waals surface area contributed by atoms with Crippen LogP contribution < -0.4 is 5.32 Å². The molecule has 0 saturated heterocycles. The fourth-order valence-electron chi connectivity index (χ4n) is 2.20. The molecule has 0 bridgehead atoms. The second-order valence-electron chi connectivity index (χ2n) is 4.49. The van der Waals surface area contributed by atoms with E-state index in [2.05, 4.69) is 52.3 Å². The highest BCUT2D eigenvalue weighted by atomic mass is 15.1. The van der Waals surface area contributed by atoms with Gasteiger partial charge in [0.05, 0.1) is 5.52 Å². The Morgan fingerprint density at radius 3 is 2.67 bits per heavy atom. The van der Waals surface area contributed by atoms with E-state index in [4.69, 9.17) is 0 Å². The fourth-order valence-corrected chi connectivity index (χ4v) is 2.20. The van der Waals surface area contributed by atoms with Crippen LogP contribution in [0.5, 0.6) is 0 Å². The highest BCUT2D eigenvalue weighted by molar-refractivity contribution is 5.93. The van der Waals surface area contributed by atoms with Crippen LogP contribution in [0.3, 0.4) is 0 Å². The van der Waals surface area contributed by atoms with E-state index in [0.717, 1.165) is 21.9 Å². The van der Waals surface area contributed by atoms with Gasteiger partial charge in [0, 0.05) is 24.0 Å². The zero-order chi connectivity index (χ0) is 12.7. The van der Waals surface area contributed by atoms with Crippen LogP contribution in [0.4, 0.5) is 5.95 Å². The summed E-state index contributed by atoms with van der Waals surface area (Å²) in [6.07, 6.45) is 1.81. The van der Waals surface area contributed by atoms with Gasteiger partial charge in [0.2, 0.25) is 5.95 Å². The van der Waals surface area contributed by atoms with Crippen molar-refractivity contribution in [3.63, 3.8) is 0 Å². The quantitative estimate of drug-likeness (QED) is 0.662. The van der Waals surface area contributed by atoms with Crippen molar-refractivity contribution in [2.45, 2.75) is 13.8 Å². The van der Waals surface area contributed by atoms with Crippen LogP contribution in [0.2, 0.25) is 0 Å². The minimum Gasteiger partial charge on any atom is -0.357 e. The standard InChI is InChI=1S/C14H14N4/c1-8-4-9(2)11-6-10-7-16-14(15-3)18-13(10)17-12(11)5-8/h4-7H,1-3H3,(H,15,16,17,18). The molecule has 2 heterocycles. The van der Waals surface area contributed by atoms with Crippen LogP contribution in [0.1, 0.15) is 11.1 Å². The molecule has 4 heteroatoms. The lowest BCUT2D eigenvalue weighted by Gasteiger charge is -2.06. The maximum atomic E-state index is 4.62. The number of rotatable bonds is 1. The van der Waals surface area contributed by atoms with E-state index in [0.29, 0.717) is 5.95 Å². The first-order valence-electron chi connectivity index (χ1n) is 5.90. The maximum Gasteiger partial charge on any atom is 0.224 e. The van der Waals surface area contributed by atoms with Crippen molar-refractivity contribution in [2.24, 2.45) is 0 Å². The minimum atomic E-state index is 0.596. The topological polar surface area (TPSA) is 50.7 Å². The number of benzene rings is 1. The predicted octanol–water partition coefficient (Wildman–Crippen LogP) is 2.84. The number of pyridine rings is 1. The number of anilines is 1. The second-order valence-corrected chi connectivity index (χ2v) is 4.49. The zero-order valence-electron chi connectivity index (χ0n) is 10.7. The Hall–Kier alpha value is -2.23. The number of aromatic nitrogens is 3. The van der Waals surface area contributed by atoms with Gasteiger partial charge in [0.1, 0.15) is 0 Å². The monoisotopic (exact) mass is 238 g/mol. The number of aryl methyl sites for hydroxylation is 2. The van der Waals surface area contributed by atoms with Crippen molar-refractivity contribution in [3.05, 3.63) is 35.5 Å². The summed E-state index contributed by atoms with van der Waals surface area (Å²) in [5.74, 6) is 0.596. The fraction of sp³-hybridized carbons (Fsp3) is 0.214. The van der Waals surface area contributed by atoms with Crippen molar-refractivity contribution in [2.75, 3.05) is 12.4 Å². The molecule has 3 aromatic rings. The van der Waals surface area contributed by atoms with Gasteiger partial charge in [0.15, 0.2) is 5.65 Å². The molecule has 3 rings (SSSR count). The summed E-state index contributed by atoms with van der Waals surface area (Å²) in [6, 6.07) is 6.35. The van der Waals surface area contributed by atoms with Crippen LogP contribution in [-0.4, -0.2) is 22.0 Å². The SMILES string of the molecule is CNc1ncc2cc3c(C)cc(C)cc3nc2n1. The molecule has 2 aromatic heterocycles. The van der Waals surface area contributed by atoms with Crippen molar-refractivity contribution in [3.8, 4) is 0 Å². The van der Waals surface area contributed by atoms with Gasteiger partial charge in [-0.1, -0.05) is 6.07 Å². The van der Waals surface area contributed by atoms with E-state index in [-0.39, 0.29) is 0 Å². The lowest BCUT2D eigenvalue weighted by molar-refractivity contribution is 1.17. The Morgan fingerprint density at radius 1 is 1.06 bits per heavy atom. The molecule has 0 amide bonds. The molecular weight excluding hydrogens is 224 g/mol. The molecule has 18 heavy (non-hydrogen) atoms. The smallest absolute Gasteiger partial charge is 0.224 e. The van der Waals surface area contributed by atoms with Crippen LogP contribution in [0.25, 0.3) is 21.9 Å². The van der Waals surface area contributed by atoms with Crippen molar-refractivity contribution < 1.29 is 0 Å². The Balaban J connectivity index is 2.39. The third-order valence-corrected chi connectivity index (χ3v) is 3.06. The molecule has 1 aromatic carbocycles. The van der Waals surface area contributed by atoms with Gasteiger partial charge in [-0.25, -0.2) is 9.97 Å². The summed E-state index contributed by atoms with van der Waals surface area (Å²) in [7, 11) is 1.80. The number of hydrogen-bond donors (Lipinski definition) is 1. The normalized spacial score (nSPS) is 11.1. The predicted molar refractivity (Wildman–Crippen MR) is 73.9 cm³/mol. The van der Waals surface area contributed by atoms with Gasteiger partial charge in [-0.3, -0.25) is 0 Å². The van der Waals surface area contributed by atoms with E-state index >= 15 is 0 Å². The maximum absolute atomic E-state index is 4.62. The van der Waals surface area contributed by atoms with Crippen LogP contribution >= 0.6 is 0 Å². The summed E-state index contributed by atoms with van der Waals surface area (Å²) < 4.78 is 0. The number of nitrogens with one attached hydrogen (secondary N) is 1. The van der Waals surface area contributed by atoms with E-state index < -0.39 is 0 Å². The van der Waals surface area contributed by atoms with E-state index in [9.17, 15) is 0 Å². The average Bonchev–Trinajstić information content (AvgIpc) is 2.36. The molecule has 1 N–H and O–H groups in total. The molecule has 90 valence electrons. The molecule has 0 aliphatic carbocycles. The molecule has 0 unspecified atom stereocenters. The second kappa shape index (κ2) is 3.91. The summed E-state index contributed by atoms with van der Waals surface area (Å²) in [6.45, 7) is 4.18. The zero-order valence-corrected chi connectivity index (χ0v) is 10.7. The molecule has 0 spiro atoms. The van der Waals surface area contributed by atoms with Crippen molar-refractivity contribution in [1.82, 2.24) is 15.0 Å². The van der Waals surface area contributed by atoms with E-state index in [1.165, 1.54) is 11.1 Å². The molecule has 0 fully saturated rings. The third kappa shape index (κ3) is 1.66. The summed E-state index contributed by atoms with van der Waals surface area (Å²) in [4.78, 5) is 13.2. The molecule has 0 aliphatic rings. The van der Waals surface area contributed by atoms with Gasteiger partial charge in [0.25, 0.3) is 0 Å². The lowest BCUT2D eigenvalue weighted by atomic mass is 10.1. The first kappa shape index (κ1) is 10.9. The first-order chi connectivity index (χ1) is 8.67. The number of hydrogen-bond acceptors (Lipinski definition) is 4. The Kier molecular flexibility index (Phi) is 2.37. The summed E-state index contributed by atoms with van der Waals surface area (Å²) in [5, 5.41) is 5.05. The molecular formula is C14H14N4.